The van der Waals surface area contributed by atoms with Crippen molar-refractivity contribution in [2.75, 3.05) is 0 Å². The van der Waals surface area contributed by atoms with E-state index in [9.17, 15) is 15.0 Å². The van der Waals surface area contributed by atoms with Crippen molar-refractivity contribution < 1.29 is 19.1 Å². The van der Waals surface area contributed by atoms with Gasteiger partial charge in [-0.05, 0) is 78.7 Å². The van der Waals surface area contributed by atoms with Crippen LogP contribution in [-0.4, -0.2) is 28.2 Å². The van der Waals surface area contributed by atoms with Crippen molar-refractivity contribution in [1.82, 2.24) is 0 Å². The minimum Gasteiger partial charge on any atom is -0.393 e. The number of hydrogen-bond acceptors (Lipinski definition) is 3. The van der Waals surface area contributed by atoms with Gasteiger partial charge in [-0.3, -0.25) is 4.79 Å². The Bertz CT molecular complexity index is 658. The van der Waals surface area contributed by atoms with E-state index in [1.807, 2.05) is 6.92 Å². The van der Waals surface area contributed by atoms with Gasteiger partial charge in [0, 0.05) is 9.16 Å². The van der Waals surface area contributed by atoms with Gasteiger partial charge in [0.15, 0.2) is 5.78 Å². The molecule has 22 heavy (non-hydrogen) atoms. The monoisotopic (exact) mass is 307 g/mol. The molecular formula is C19H28O3. The van der Waals surface area contributed by atoms with Crippen LogP contribution in [0.25, 0.3) is 0 Å². The SMILES string of the molecule is [2H]C1([2H])C[C@H]2[C@@H]3C[C@H](O)C4=CC(=O)CC[C@]4(C)[C@H]3CC[C@]2(C)[C@@]1([2H])O. The van der Waals surface area contributed by atoms with E-state index in [1.165, 1.54) is 0 Å². The summed E-state index contributed by atoms with van der Waals surface area (Å²) >= 11 is 0. The van der Waals surface area contributed by atoms with Crippen molar-refractivity contribution >= 4 is 5.78 Å². The summed E-state index contributed by atoms with van der Waals surface area (Å²) in [7, 11) is 0. The molecule has 0 aromatic heterocycles. The highest BCUT2D eigenvalue weighted by atomic mass is 16.3. The van der Waals surface area contributed by atoms with E-state index in [0.29, 0.717) is 19.3 Å². The standard InChI is InChI=1S/C19H28O3/c1-18-7-5-11(20)9-15(18)16(21)10-12-13-3-4-17(22)19(13,2)8-6-14(12)18/h9,12-14,16-17,21-22H,3-8,10H2,1-2H3/t12-,13-,14-,16-,17-,18+,19-/m0/s1/i4D2,17D. The van der Waals surface area contributed by atoms with Gasteiger partial charge >= 0.3 is 0 Å². The van der Waals surface area contributed by atoms with Gasteiger partial charge in [-0.25, -0.2) is 0 Å². The molecule has 3 heteroatoms. The highest BCUT2D eigenvalue weighted by Crippen LogP contribution is 2.65. The lowest BCUT2D eigenvalue weighted by Crippen LogP contribution is -2.54. The Morgan fingerprint density at radius 2 is 2.05 bits per heavy atom. The first-order valence-electron chi connectivity index (χ1n) is 10.1. The summed E-state index contributed by atoms with van der Waals surface area (Å²) in [6.45, 7) is 4.00. The molecule has 7 atom stereocenters. The smallest absolute Gasteiger partial charge is 0.155 e. The molecule has 0 aromatic rings. The quantitative estimate of drug-likeness (QED) is 0.723. The van der Waals surface area contributed by atoms with E-state index in [-0.39, 0.29) is 35.4 Å². The highest BCUT2D eigenvalue weighted by Gasteiger charge is 2.60. The number of carbonyl (C=O) groups excluding carboxylic acids is 1. The summed E-state index contributed by atoms with van der Waals surface area (Å²) < 4.78 is 24.9. The van der Waals surface area contributed by atoms with Crippen LogP contribution < -0.4 is 0 Å². The summed E-state index contributed by atoms with van der Waals surface area (Å²) in [6.07, 6.45) is 0.270. The number of rotatable bonds is 0. The third-order valence-electron chi connectivity index (χ3n) is 7.40. The largest absolute Gasteiger partial charge is 0.393 e. The molecular weight excluding hydrogens is 276 g/mol. The molecule has 4 rings (SSSR count). The second kappa shape index (κ2) is 4.67. The van der Waals surface area contributed by atoms with Crippen molar-refractivity contribution in [3.8, 4) is 0 Å². The maximum atomic E-state index is 11.9. The first-order valence-corrected chi connectivity index (χ1v) is 8.59. The van der Waals surface area contributed by atoms with Crippen LogP contribution in [0.2, 0.25) is 0 Å². The number of carbonyl (C=O) groups is 1. The zero-order chi connectivity index (χ0) is 18.4. The van der Waals surface area contributed by atoms with E-state index in [2.05, 4.69) is 6.92 Å². The average Bonchev–Trinajstić information content (AvgIpc) is 2.66. The summed E-state index contributed by atoms with van der Waals surface area (Å²) in [5, 5.41) is 21.5. The zero-order valence-corrected chi connectivity index (χ0v) is 13.4. The molecule has 0 saturated heterocycles. The number of hydrogen-bond donors (Lipinski definition) is 2. The van der Waals surface area contributed by atoms with Crippen LogP contribution in [0.3, 0.4) is 0 Å². The van der Waals surface area contributed by atoms with Crippen LogP contribution in [0.5, 0.6) is 0 Å². The molecule has 0 spiro atoms. The topological polar surface area (TPSA) is 57.5 Å². The fraction of sp³-hybridized carbons (Fsp3) is 0.842. The van der Waals surface area contributed by atoms with Gasteiger partial charge in [0.2, 0.25) is 0 Å². The molecule has 0 heterocycles. The Kier molecular flexibility index (Phi) is 2.51. The first kappa shape index (κ1) is 11.8. The van der Waals surface area contributed by atoms with E-state index >= 15 is 0 Å². The van der Waals surface area contributed by atoms with Crippen molar-refractivity contribution in [3.05, 3.63) is 11.6 Å². The molecule has 0 aromatic carbocycles. The molecule has 0 unspecified atom stereocenters. The second-order valence-electron chi connectivity index (χ2n) is 8.30. The van der Waals surface area contributed by atoms with Crippen LogP contribution in [0, 0.1) is 28.6 Å². The predicted octanol–water partition coefficient (Wildman–Crippen LogP) is 2.85. The number of ketones is 1. The van der Waals surface area contributed by atoms with E-state index < -0.39 is 24.0 Å². The van der Waals surface area contributed by atoms with Gasteiger partial charge in [0.05, 0.1) is 13.6 Å². The Hall–Kier alpha value is -0.670. The third-order valence-corrected chi connectivity index (χ3v) is 7.40. The Morgan fingerprint density at radius 1 is 1.27 bits per heavy atom. The van der Waals surface area contributed by atoms with Crippen LogP contribution in [0.15, 0.2) is 11.6 Å². The first-order chi connectivity index (χ1) is 11.4. The molecule has 122 valence electrons. The van der Waals surface area contributed by atoms with E-state index in [4.69, 9.17) is 4.11 Å². The fourth-order valence-corrected chi connectivity index (χ4v) is 6.01. The zero-order valence-electron chi connectivity index (χ0n) is 16.4. The molecule has 0 aliphatic heterocycles. The Labute approximate surface area is 137 Å². The Balaban J connectivity index is 1.77. The molecule has 4 aliphatic carbocycles. The third kappa shape index (κ3) is 1.78. The number of fused-ring (bicyclic) bond motifs is 5. The van der Waals surface area contributed by atoms with Gasteiger partial charge < -0.3 is 10.2 Å². The molecule has 0 radical (unpaired) electrons. The van der Waals surface area contributed by atoms with Crippen molar-refractivity contribution in [2.45, 2.75) is 70.9 Å². The van der Waals surface area contributed by atoms with Crippen molar-refractivity contribution in [3.63, 3.8) is 0 Å². The van der Waals surface area contributed by atoms with Gasteiger partial charge in [0.25, 0.3) is 0 Å². The fourth-order valence-electron chi connectivity index (χ4n) is 6.01. The summed E-state index contributed by atoms with van der Waals surface area (Å²) in [5.41, 5.74) is -0.164. The molecule has 4 aliphatic rings. The van der Waals surface area contributed by atoms with Crippen LogP contribution in [0.4, 0.5) is 0 Å². The van der Waals surface area contributed by atoms with Crippen LogP contribution >= 0.6 is 0 Å². The van der Waals surface area contributed by atoms with Crippen LogP contribution in [-0.2, 0) is 4.79 Å². The maximum absolute atomic E-state index is 11.9. The van der Waals surface area contributed by atoms with Gasteiger partial charge in [-0.15, -0.1) is 0 Å². The molecule has 0 bridgehead atoms. The number of aliphatic hydroxyl groups excluding tert-OH is 1. The number of aliphatic hydroxyl groups is 2. The van der Waals surface area contributed by atoms with Gasteiger partial charge in [-0.2, -0.15) is 0 Å². The van der Waals surface area contributed by atoms with Gasteiger partial charge in [-0.1, -0.05) is 13.8 Å². The van der Waals surface area contributed by atoms with Crippen LogP contribution in [0.1, 0.15) is 62.9 Å². The van der Waals surface area contributed by atoms with E-state index in [0.717, 1.165) is 18.4 Å². The Morgan fingerprint density at radius 3 is 2.82 bits per heavy atom. The van der Waals surface area contributed by atoms with E-state index in [1.54, 1.807) is 6.08 Å². The normalized spacial score (nSPS) is 61.9. The minimum absolute atomic E-state index is 0.0820. The lowest BCUT2D eigenvalue weighted by Gasteiger charge is -2.58. The summed E-state index contributed by atoms with van der Waals surface area (Å²) in [5.74, 6) is 0.328. The van der Waals surface area contributed by atoms with Gasteiger partial charge in [0.1, 0.15) is 0 Å². The molecule has 0 amide bonds. The minimum atomic E-state index is -2.10. The molecule has 3 nitrogen and oxygen atoms in total. The highest BCUT2D eigenvalue weighted by molar-refractivity contribution is 5.91. The molecule has 3 saturated carbocycles. The average molecular weight is 307 g/mol. The predicted molar refractivity (Wildman–Crippen MR) is 84.1 cm³/mol. The summed E-state index contributed by atoms with van der Waals surface area (Å²) in [4.78, 5) is 11.9. The lowest BCUT2D eigenvalue weighted by molar-refractivity contribution is -0.120. The lowest BCUT2D eigenvalue weighted by atomic mass is 9.47. The second-order valence-corrected chi connectivity index (χ2v) is 8.30. The molecule has 2 N–H and O–H groups in total. The summed E-state index contributed by atoms with van der Waals surface area (Å²) in [6, 6.07) is 0. The maximum Gasteiger partial charge on any atom is 0.155 e. The van der Waals surface area contributed by atoms with Crippen molar-refractivity contribution in [2.24, 2.45) is 28.6 Å². The van der Waals surface area contributed by atoms with Crippen molar-refractivity contribution in [1.29, 1.82) is 0 Å². The molecule has 3 fully saturated rings.